The topological polar surface area (TPSA) is 65.4 Å². The standard InChI is InChI=1S/C28H30ClN3O3/c1-34-22-10-8-11-23(20-22)35-18-7-6-17-32-26-14-5-4-13-25(26)31-27(32)15-16-30-28(33)19-21-9-2-3-12-24(21)29/h2-5,8-14,20H,6-7,15-19H2,1H3,(H,30,33). The van der Waals surface area contributed by atoms with Gasteiger partial charge in [-0.1, -0.05) is 48.0 Å². The fraction of sp³-hybridized carbons (Fsp3) is 0.286. The van der Waals surface area contributed by atoms with Gasteiger partial charge in [0.25, 0.3) is 0 Å². The van der Waals surface area contributed by atoms with Crippen LogP contribution in [-0.4, -0.2) is 35.7 Å². The first kappa shape index (κ1) is 24.6. The average molecular weight is 492 g/mol. The molecule has 0 unspecified atom stereocenters. The number of fused-ring (bicyclic) bond motifs is 1. The fourth-order valence-corrected chi connectivity index (χ4v) is 4.21. The number of carbonyl (C=O) groups is 1. The summed E-state index contributed by atoms with van der Waals surface area (Å²) in [6.07, 6.45) is 2.79. The van der Waals surface area contributed by atoms with Crippen molar-refractivity contribution in [1.82, 2.24) is 14.9 Å². The van der Waals surface area contributed by atoms with Crippen LogP contribution >= 0.6 is 11.6 Å². The van der Waals surface area contributed by atoms with Crippen LogP contribution in [0, 0.1) is 0 Å². The molecule has 7 heteroatoms. The van der Waals surface area contributed by atoms with Gasteiger partial charge in [-0.3, -0.25) is 4.79 Å². The molecule has 35 heavy (non-hydrogen) atoms. The van der Waals surface area contributed by atoms with Gasteiger partial charge in [0.2, 0.25) is 5.91 Å². The Morgan fingerprint density at radius 3 is 2.66 bits per heavy atom. The van der Waals surface area contributed by atoms with Crippen molar-refractivity contribution in [2.75, 3.05) is 20.3 Å². The van der Waals surface area contributed by atoms with Crippen molar-refractivity contribution in [3.63, 3.8) is 0 Å². The van der Waals surface area contributed by atoms with E-state index in [1.807, 2.05) is 60.7 Å². The minimum Gasteiger partial charge on any atom is -0.497 e. The summed E-state index contributed by atoms with van der Waals surface area (Å²) in [5, 5.41) is 3.61. The molecule has 6 nitrogen and oxygen atoms in total. The van der Waals surface area contributed by atoms with E-state index in [-0.39, 0.29) is 12.3 Å². The lowest BCUT2D eigenvalue weighted by Crippen LogP contribution is -2.28. The number of hydrogen-bond donors (Lipinski definition) is 1. The number of aromatic nitrogens is 2. The summed E-state index contributed by atoms with van der Waals surface area (Å²) in [6, 6.07) is 23.2. The predicted molar refractivity (Wildman–Crippen MR) is 139 cm³/mol. The van der Waals surface area contributed by atoms with Crippen LogP contribution in [0.1, 0.15) is 24.2 Å². The molecule has 0 atom stereocenters. The highest BCUT2D eigenvalue weighted by atomic mass is 35.5. The number of halogens is 1. The zero-order valence-corrected chi connectivity index (χ0v) is 20.6. The van der Waals surface area contributed by atoms with Crippen LogP contribution in [-0.2, 0) is 24.2 Å². The molecule has 0 aliphatic carbocycles. The van der Waals surface area contributed by atoms with Gasteiger partial charge in [0, 0.05) is 30.6 Å². The fourth-order valence-electron chi connectivity index (χ4n) is 4.01. The lowest BCUT2D eigenvalue weighted by Gasteiger charge is -2.11. The molecule has 0 saturated heterocycles. The second-order valence-corrected chi connectivity index (χ2v) is 8.68. The van der Waals surface area contributed by atoms with Crippen LogP contribution in [0.15, 0.2) is 72.8 Å². The second kappa shape index (κ2) is 12.3. The van der Waals surface area contributed by atoms with E-state index in [1.165, 1.54) is 0 Å². The number of benzene rings is 3. The molecule has 4 rings (SSSR count). The smallest absolute Gasteiger partial charge is 0.224 e. The van der Waals surface area contributed by atoms with Gasteiger partial charge >= 0.3 is 0 Å². The predicted octanol–water partition coefficient (Wildman–Crippen LogP) is 5.46. The summed E-state index contributed by atoms with van der Waals surface area (Å²) in [7, 11) is 1.65. The number of carbonyl (C=O) groups excluding carboxylic acids is 1. The number of methoxy groups -OCH3 is 1. The van der Waals surface area contributed by atoms with Crippen LogP contribution in [0.5, 0.6) is 11.5 Å². The van der Waals surface area contributed by atoms with E-state index in [0.29, 0.717) is 24.6 Å². The molecule has 0 aliphatic heterocycles. The second-order valence-electron chi connectivity index (χ2n) is 8.27. The molecule has 0 radical (unpaired) electrons. The first-order chi connectivity index (χ1) is 17.1. The Morgan fingerprint density at radius 1 is 1.00 bits per heavy atom. The van der Waals surface area contributed by atoms with Gasteiger partial charge in [0.1, 0.15) is 17.3 Å². The van der Waals surface area contributed by atoms with E-state index in [0.717, 1.165) is 53.3 Å². The molecule has 0 saturated carbocycles. The molecule has 4 aromatic rings. The number of ether oxygens (including phenoxy) is 2. The molecule has 0 spiro atoms. The van der Waals surface area contributed by atoms with Crippen molar-refractivity contribution >= 4 is 28.5 Å². The van der Waals surface area contributed by atoms with Crippen LogP contribution < -0.4 is 14.8 Å². The molecule has 182 valence electrons. The third kappa shape index (κ3) is 6.76. The number of unbranched alkanes of at least 4 members (excludes halogenated alkanes) is 1. The van der Waals surface area contributed by atoms with Crippen molar-refractivity contribution in [3.05, 3.63) is 89.2 Å². The van der Waals surface area contributed by atoms with Gasteiger partial charge < -0.3 is 19.4 Å². The number of nitrogens with zero attached hydrogens (tertiary/aromatic N) is 2. The summed E-state index contributed by atoms with van der Waals surface area (Å²) < 4.78 is 13.4. The Kier molecular flexibility index (Phi) is 8.63. The number of amides is 1. The third-order valence-electron chi connectivity index (χ3n) is 5.80. The number of rotatable bonds is 12. The Hall–Kier alpha value is -3.51. The first-order valence-electron chi connectivity index (χ1n) is 11.8. The van der Waals surface area contributed by atoms with E-state index in [4.69, 9.17) is 26.1 Å². The van der Waals surface area contributed by atoms with Gasteiger partial charge in [0.05, 0.1) is 31.2 Å². The van der Waals surface area contributed by atoms with Crippen molar-refractivity contribution in [3.8, 4) is 11.5 Å². The van der Waals surface area contributed by atoms with Gasteiger partial charge in [-0.05, 0) is 48.7 Å². The van der Waals surface area contributed by atoms with Crippen LogP contribution in [0.25, 0.3) is 11.0 Å². The van der Waals surface area contributed by atoms with E-state index in [2.05, 4.69) is 16.0 Å². The molecule has 0 fully saturated rings. The van der Waals surface area contributed by atoms with E-state index in [1.54, 1.807) is 13.2 Å². The quantitative estimate of drug-likeness (QED) is 0.267. The Bertz CT molecular complexity index is 1270. The van der Waals surface area contributed by atoms with Crippen LogP contribution in [0.4, 0.5) is 0 Å². The highest BCUT2D eigenvalue weighted by molar-refractivity contribution is 6.31. The van der Waals surface area contributed by atoms with Gasteiger partial charge in [0.15, 0.2) is 0 Å². The Morgan fingerprint density at radius 2 is 1.80 bits per heavy atom. The van der Waals surface area contributed by atoms with Crippen LogP contribution in [0.2, 0.25) is 5.02 Å². The molecule has 1 N–H and O–H groups in total. The van der Waals surface area contributed by atoms with E-state index >= 15 is 0 Å². The monoisotopic (exact) mass is 491 g/mol. The van der Waals surface area contributed by atoms with E-state index < -0.39 is 0 Å². The van der Waals surface area contributed by atoms with Crippen molar-refractivity contribution in [2.24, 2.45) is 0 Å². The van der Waals surface area contributed by atoms with Gasteiger partial charge in [-0.2, -0.15) is 0 Å². The highest BCUT2D eigenvalue weighted by Crippen LogP contribution is 2.20. The summed E-state index contributed by atoms with van der Waals surface area (Å²) in [5.41, 5.74) is 2.91. The van der Waals surface area contributed by atoms with E-state index in [9.17, 15) is 4.79 Å². The molecule has 1 heterocycles. The number of aryl methyl sites for hydroxylation is 1. The van der Waals surface area contributed by atoms with Gasteiger partial charge in [-0.15, -0.1) is 0 Å². The maximum absolute atomic E-state index is 12.4. The first-order valence-corrected chi connectivity index (χ1v) is 12.2. The number of hydrogen-bond acceptors (Lipinski definition) is 4. The normalized spacial score (nSPS) is 10.9. The maximum Gasteiger partial charge on any atom is 0.224 e. The molecular weight excluding hydrogens is 462 g/mol. The molecule has 1 amide bonds. The van der Waals surface area contributed by atoms with Crippen LogP contribution in [0.3, 0.4) is 0 Å². The van der Waals surface area contributed by atoms with Crippen molar-refractivity contribution < 1.29 is 14.3 Å². The van der Waals surface area contributed by atoms with Gasteiger partial charge in [-0.25, -0.2) is 4.98 Å². The molecular formula is C28H30ClN3O3. The van der Waals surface area contributed by atoms with Crippen molar-refractivity contribution in [1.29, 1.82) is 0 Å². The molecule has 3 aromatic carbocycles. The lowest BCUT2D eigenvalue weighted by atomic mass is 10.1. The Balaban J connectivity index is 1.30. The molecule has 0 aliphatic rings. The summed E-state index contributed by atoms with van der Waals surface area (Å²) >= 11 is 6.18. The minimum atomic E-state index is -0.0459. The number of nitrogens with one attached hydrogen (secondary N) is 1. The molecule has 1 aromatic heterocycles. The lowest BCUT2D eigenvalue weighted by molar-refractivity contribution is -0.120. The summed E-state index contributed by atoms with van der Waals surface area (Å²) in [6.45, 7) is 1.99. The zero-order valence-electron chi connectivity index (χ0n) is 19.9. The largest absolute Gasteiger partial charge is 0.497 e. The summed E-state index contributed by atoms with van der Waals surface area (Å²) in [4.78, 5) is 17.2. The zero-order chi connectivity index (χ0) is 24.5. The average Bonchev–Trinajstić information content (AvgIpc) is 3.22. The minimum absolute atomic E-state index is 0.0459. The maximum atomic E-state index is 12.4. The number of para-hydroxylation sites is 2. The number of imidazole rings is 1. The molecule has 0 bridgehead atoms. The highest BCUT2D eigenvalue weighted by Gasteiger charge is 2.12. The summed E-state index contributed by atoms with van der Waals surface area (Å²) in [5.74, 6) is 2.52. The third-order valence-corrected chi connectivity index (χ3v) is 6.17. The Labute approximate surface area is 210 Å². The SMILES string of the molecule is COc1cccc(OCCCCn2c(CCNC(=O)Cc3ccccc3Cl)nc3ccccc32)c1. The van der Waals surface area contributed by atoms with Crippen molar-refractivity contribution in [2.45, 2.75) is 32.2 Å².